The van der Waals surface area contributed by atoms with Crippen molar-refractivity contribution in [2.24, 2.45) is 0 Å². The van der Waals surface area contributed by atoms with Crippen LogP contribution in [0.15, 0.2) is 24.5 Å². The fourth-order valence-electron chi connectivity index (χ4n) is 4.35. The van der Waals surface area contributed by atoms with Crippen LogP contribution in [-0.2, 0) is 6.42 Å². The molecule has 10 heteroatoms. The van der Waals surface area contributed by atoms with Gasteiger partial charge in [-0.15, -0.1) is 5.10 Å². The van der Waals surface area contributed by atoms with Crippen LogP contribution in [0.5, 0.6) is 0 Å². The second-order valence-electron chi connectivity index (χ2n) is 7.92. The maximum absolute atomic E-state index is 14.5. The van der Waals surface area contributed by atoms with E-state index in [-0.39, 0.29) is 36.3 Å². The number of nitrogens with one attached hydrogen (secondary N) is 1. The number of aryl methyl sites for hydroxylation is 1. The molecule has 5 rings (SSSR count). The summed E-state index contributed by atoms with van der Waals surface area (Å²) in [7, 11) is 0. The molecule has 5 heterocycles. The van der Waals surface area contributed by atoms with Crippen molar-refractivity contribution in [3.63, 3.8) is 0 Å². The van der Waals surface area contributed by atoms with Gasteiger partial charge in [-0.05, 0) is 37.5 Å². The van der Waals surface area contributed by atoms with E-state index in [1.807, 2.05) is 6.92 Å². The number of nitrogens with two attached hydrogens (primary N) is 1. The van der Waals surface area contributed by atoms with Crippen molar-refractivity contribution in [2.45, 2.75) is 44.4 Å². The quantitative estimate of drug-likeness (QED) is 0.586. The Balaban J connectivity index is 1.72. The lowest BCUT2D eigenvalue weighted by atomic mass is 9.98. The van der Waals surface area contributed by atoms with Gasteiger partial charge in [0.1, 0.15) is 23.4 Å². The molecule has 0 aromatic carbocycles. The molecule has 3 aromatic heterocycles. The first-order valence-electron chi connectivity index (χ1n) is 9.91. The summed E-state index contributed by atoms with van der Waals surface area (Å²) in [6.45, 7) is 1.99. The number of alkyl halides is 1. The van der Waals surface area contributed by atoms with Crippen LogP contribution >= 0.6 is 0 Å². The fraction of sp³-hybridized carbons (Fsp3) is 0.400. The van der Waals surface area contributed by atoms with E-state index in [4.69, 9.17) is 5.73 Å². The topological polar surface area (TPSA) is 101 Å². The molecule has 1 saturated heterocycles. The largest absolute Gasteiger partial charge is 0.381 e. The molecule has 156 valence electrons. The number of halogens is 2. The third kappa shape index (κ3) is 3.03. The smallest absolute Gasteiger partial charge is 0.259 e. The number of aromatic nitrogens is 4. The molecule has 2 bridgehead atoms. The van der Waals surface area contributed by atoms with E-state index in [1.54, 1.807) is 17.2 Å². The van der Waals surface area contributed by atoms with Gasteiger partial charge in [0.15, 0.2) is 11.5 Å². The van der Waals surface area contributed by atoms with Crippen molar-refractivity contribution in [3.05, 3.63) is 47.2 Å². The fourth-order valence-corrected chi connectivity index (χ4v) is 4.35. The van der Waals surface area contributed by atoms with Gasteiger partial charge in [0.05, 0.1) is 18.8 Å². The number of hydrogen-bond donors (Lipinski definition) is 2. The standard InChI is InChI=1S/C20H21F2N7O/c1-10-2-3-14-13(6-11(21)8-24-14)15-7-12(22)9-28(15)16-4-5-29-19(26-16)17(18(23)27-29)20(30)25-10/h4-6,8,10,12,15H,2-3,7,9H2,1H3,(H2,23,27)(H,25,30)/t10-,12+,15+/m0/s1. The van der Waals surface area contributed by atoms with Crippen molar-refractivity contribution in [1.29, 1.82) is 0 Å². The Labute approximate surface area is 171 Å². The van der Waals surface area contributed by atoms with Gasteiger partial charge in [-0.1, -0.05) is 0 Å². The van der Waals surface area contributed by atoms with E-state index in [0.29, 0.717) is 35.6 Å². The number of nitrogen functional groups attached to an aromatic ring is 1. The molecule has 8 nitrogen and oxygen atoms in total. The number of hydrogen-bond acceptors (Lipinski definition) is 6. The van der Waals surface area contributed by atoms with Gasteiger partial charge < -0.3 is 16.0 Å². The molecule has 1 fully saturated rings. The molecule has 0 unspecified atom stereocenters. The average Bonchev–Trinajstić information content (AvgIpc) is 3.24. The molecular formula is C20H21F2N7O. The van der Waals surface area contributed by atoms with Gasteiger partial charge >= 0.3 is 0 Å². The number of anilines is 2. The highest BCUT2D eigenvalue weighted by Crippen LogP contribution is 2.38. The predicted molar refractivity (Wildman–Crippen MR) is 106 cm³/mol. The van der Waals surface area contributed by atoms with Crippen molar-refractivity contribution in [1.82, 2.24) is 24.9 Å². The lowest BCUT2D eigenvalue weighted by Crippen LogP contribution is -2.33. The molecule has 2 aliphatic rings. The Bertz CT molecular complexity index is 1150. The molecule has 2 aliphatic heterocycles. The van der Waals surface area contributed by atoms with Crippen molar-refractivity contribution in [2.75, 3.05) is 17.2 Å². The molecule has 0 spiro atoms. The van der Waals surface area contributed by atoms with Gasteiger partial charge in [0.25, 0.3) is 5.91 Å². The summed E-state index contributed by atoms with van der Waals surface area (Å²) in [5, 5.41) is 7.10. The minimum absolute atomic E-state index is 0.0765. The monoisotopic (exact) mass is 413 g/mol. The number of amides is 1. The van der Waals surface area contributed by atoms with Gasteiger partial charge in [-0.3, -0.25) is 9.78 Å². The number of carbonyl (C=O) groups is 1. The zero-order chi connectivity index (χ0) is 21.0. The highest BCUT2D eigenvalue weighted by Gasteiger charge is 2.36. The van der Waals surface area contributed by atoms with Crippen molar-refractivity contribution in [3.8, 4) is 0 Å². The molecule has 3 N–H and O–H groups in total. The summed E-state index contributed by atoms with van der Waals surface area (Å²) in [6.07, 6.45) is 3.04. The summed E-state index contributed by atoms with van der Waals surface area (Å²) in [5.41, 5.74) is 7.84. The van der Waals surface area contributed by atoms with Crippen LogP contribution in [0.25, 0.3) is 5.65 Å². The van der Waals surface area contributed by atoms with Crippen molar-refractivity contribution >= 4 is 23.2 Å². The molecule has 1 amide bonds. The average molecular weight is 413 g/mol. The minimum Gasteiger partial charge on any atom is -0.381 e. The van der Waals surface area contributed by atoms with E-state index in [9.17, 15) is 13.6 Å². The van der Waals surface area contributed by atoms with Crippen LogP contribution < -0.4 is 16.0 Å². The maximum Gasteiger partial charge on any atom is 0.259 e. The number of pyridine rings is 1. The number of nitrogens with zero attached hydrogens (tertiary/aromatic N) is 5. The Kier molecular flexibility index (Phi) is 4.30. The molecule has 3 atom stereocenters. The summed E-state index contributed by atoms with van der Waals surface area (Å²) in [4.78, 5) is 23.6. The summed E-state index contributed by atoms with van der Waals surface area (Å²) >= 11 is 0. The van der Waals surface area contributed by atoms with Gasteiger partial charge in [0.2, 0.25) is 0 Å². The first-order valence-corrected chi connectivity index (χ1v) is 9.91. The van der Waals surface area contributed by atoms with Crippen molar-refractivity contribution < 1.29 is 13.6 Å². The van der Waals surface area contributed by atoms with E-state index in [0.717, 1.165) is 0 Å². The first kappa shape index (κ1) is 18.7. The van der Waals surface area contributed by atoms with Crippen LogP contribution in [0.2, 0.25) is 0 Å². The molecule has 30 heavy (non-hydrogen) atoms. The minimum atomic E-state index is -1.09. The van der Waals surface area contributed by atoms with Crippen LogP contribution in [0.4, 0.5) is 20.4 Å². The predicted octanol–water partition coefficient (Wildman–Crippen LogP) is 2.20. The van der Waals surface area contributed by atoms with E-state index >= 15 is 0 Å². The SMILES string of the molecule is C[C@H]1CCc2ncc(F)cc2[C@H]2C[C@@H](F)CN2c2ccn3nc(N)c(c3n2)C(=O)N1. The van der Waals surface area contributed by atoms with Gasteiger partial charge in [0, 0.05) is 24.4 Å². The Morgan fingerprint density at radius 3 is 3.03 bits per heavy atom. The van der Waals surface area contributed by atoms with E-state index < -0.39 is 18.0 Å². The highest BCUT2D eigenvalue weighted by atomic mass is 19.1. The third-order valence-electron chi connectivity index (χ3n) is 5.79. The van der Waals surface area contributed by atoms with Crippen LogP contribution in [0.1, 0.15) is 47.4 Å². The number of fused-ring (bicyclic) bond motifs is 5. The summed E-state index contributed by atoms with van der Waals surface area (Å²) in [6, 6.07) is 2.53. The lowest BCUT2D eigenvalue weighted by molar-refractivity contribution is 0.0940. The molecular weight excluding hydrogens is 392 g/mol. The summed E-state index contributed by atoms with van der Waals surface area (Å²) < 4.78 is 30.1. The first-order chi connectivity index (χ1) is 14.4. The summed E-state index contributed by atoms with van der Waals surface area (Å²) in [5.74, 6) is -0.278. The van der Waals surface area contributed by atoms with E-state index in [1.165, 1.54) is 16.8 Å². The second-order valence-corrected chi connectivity index (χ2v) is 7.92. The van der Waals surface area contributed by atoms with Crippen LogP contribution in [0.3, 0.4) is 0 Å². The Morgan fingerprint density at radius 1 is 1.37 bits per heavy atom. The molecule has 3 aromatic rings. The van der Waals surface area contributed by atoms with Gasteiger partial charge in [-0.25, -0.2) is 18.3 Å². The number of rotatable bonds is 0. The van der Waals surface area contributed by atoms with Crippen LogP contribution in [-0.4, -0.2) is 44.2 Å². The Morgan fingerprint density at radius 2 is 2.20 bits per heavy atom. The van der Waals surface area contributed by atoms with Gasteiger partial charge in [-0.2, -0.15) is 0 Å². The zero-order valence-corrected chi connectivity index (χ0v) is 16.3. The second kappa shape index (κ2) is 6.89. The zero-order valence-electron chi connectivity index (χ0n) is 16.3. The van der Waals surface area contributed by atoms with E-state index in [2.05, 4.69) is 20.4 Å². The van der Waals surface area contributed by atoms with Crippen LogP contribution in [0, 0.1) is 5.82 Å². The molecule has 0 saturated carbocycles. The molecule has 0 aliphatic carbocycles. The lowest BCUT2D eigenvalue weighted by Gasteiger charge is -2.27. The normalized spacial score (nSPS) is 24.0. The highest BCUT2D eigenvalue weighted by molar-refractivity contribution is 6.04. The maximum atomic E-state index is 14.5. The third-order valence-corrected chi connectivity index (χ3v) is 5.79. The Hall–Kier alpha value is -3.30. The number of carbonyl (C=O) groups excluding carboxylic acids is 1. The molecule has 0 radical (unpaired) electrons.